The van der Waals surface area contributed by atoms with E-state index in [-0.39, 0.29) is 23.6 Å². The Morgan fingerprint density at radius 1 is 1.26 bits per heavy atom. The molecule has 10 nitrogen and oxygen atoms in total. The number of hydrogen-bond donors (Lipinski definition) is 2. The summed E-state index contributed by atoms with van der Waals surface area (Å²) in [5.74, 6) is 0.758. The SMILES string of the molecule is CCC(=O)c1cnc(NC(=O)C2CC2)nc1Nc1cccc(-c2cnn(C)n2)c1OC. The molecule has 0 saturated heterocycles. The van der Waals surface area contributed by atoms with Gasteiger partial charge in [0.1, 0.15) is 11.5 Å². The fraction of sp³-hybridized carbons (Fsp3) is 0.333. The van der Waals surface area contributed by atoms with Crippen LogP contribution in [-0.4, -0.2) is 43.8 Å². The van der Waals surface area contributed by atoms with E-state index in [1.807, 2.05) is 18.2 Å². The van der Waals surface area contributed by atoms with Gasteiger partial charge in [0.25, 0.3) is 0 Å². The molecular formula is C21H23N7O3. The normalized spacial score (nSPS) is 13.0. The number of rotatable bonds is 8. The van der Waals surface area contributed by atoms with Crippen LogP contribution in [0.4, 0.5) is 17.5 Å². The van der Waals surface area contributed by atoms with E-state index in [1.54, 1.807) is 27.3 Å². The highest BCUT2D eigenvalue weighted by molar-refractivity contribution is 6.01. The lowest BCUT2D eigenvalue weighted by Crippen LogP contribution is -2.17. The molecule has 2 heterocycles. The number of anilines is 3. The first-order valence-electron chi connectivity index (χ1n) is 10.0. The number of carbonyl (C=O) groups excluding carboxylic acids is 2. The first-order chi connectivity index (χ1) is 15.0. The third-order valence-electron chi connectivity index (χ3n) is 4.94. The van der Waals surface area contributed by atoms with E-state index in [0.29, 0.717) is 34.9 Å². The minimum atomic E-state index is -0.119. The summed E-state index contributed by atoms with van der Waals surface area (Å²) in [5.41, 5.74) is 2.31. The number of amides is 1. The van der Waals surface area contributed by atoms with Crippen LogP contribution in [0.3, 0.4) is 0 Å². The van der Waals surface area contributed by atoms with Gasteiger partial charge in [-0.25, -0.2) is 4.98 Å². The molecule has 0 radical (unpaired) electrons. The van der Waals surface area contributed by atoms with E-state index < -0.39 is 0 Å². The fourth-order valence-electron chi connectivity index (χ4n) is 3.14. The van der Waals surface area contributed by atoms with Gasteiger partial charge < -0.3 is 10.1 Å². The van der Waals surface area contributed by atoms with Crippen molar-refractivity contribution in [2.24, 2.45) is 13.0 Å². The van der Waals surface area contributed by atoms with E-state index >= 15 is 0 Å². The first kappa shape index (κ1) is 20.5. The van der Waals surface area contributed by atoms with Crippen LogP contribution >= 0.6 is 0 Å². The molecular weight excluding hydrogens is 398 g/mol. The molecule has 0 bridgehead atoms. The zero-order valence-electron chi connectivity index (χ0n) is 17.5. The second kappa shape index (κ2) is 8.50. The maximum absolute atomic E-state index is 12.5. The maximum atomic E-state index is 12.5. The van der Waals surface area contributed by atoms with Crippen LogP contribution in [0.15, 0.2) is 30.6 Å². The van der Waals surface area contributed by atoms with Crippen LogP contribution in [0.25, 0.3) is 11.3 Å². The summed E-state index contributed by atoms with van der Waals surface area (Å²) in [6.45, 7) is 1.77. The molecule has 0 unspecified atom stereocenters. The second-order valence-electron chi connectivity index (χ2n) is 7.23. The van der Waals surface area contributed by atoms with Crippen molar-refractivity contribution >= 4 is 29.1 Å². The Bertz CT molecular complexity index is 1140. The molecule has 1 aliphatic carbocycles. The average molecular weight is 421 g/mol. The summed E-state index contributed by atoms with van der Waals surface area (Å²) in [6, 6.07) is 5.52. The number of carbonyl (C=O) groups is 2. The molecule has 1 saturated carbocycles. The van der Waals surface area contributed by atoms with Crippen LogP contribution in [-0.2, 0) is 11.8 Å². The van der Waals surface area contributed by atoms with E-state index in [9.17, 15) is 9.59 Å². The van der Waals surface area contributed by atoms with Crippen molar-refractivity contribution in [1.82, 2.24) is 25.0 Å². The fourth-order valence-corrected chi connectivity index (χ4v) is 3.14. The maximum Gasteiger partial charge on any atom is 0.231 e. The van der Waals surface area contributed by atoms with Crippen molar-refractivity contribution in [3.05, 3.63) is 36.2 Å². The monoisotopic (exact) mass is 421 g/mol. The van der Waals surface area contributed by atoms with Crippen molar-refractivity contribution in [3.63, 3.8) is 0 Å². The van der Waals surface area contributed by atoms with Crippen molar-refractivity contribution in [1.29, 1.82) is 0 Å². The predicted octanol–water partition coefficient (Wildman–Crippen LogP) is 2.97. The molecule has 0 atom stereocenters. The molecule has 0 spiro atoms. The van der Waals surface area contributed by atoms with E-state index in [0.717, 1.165) is 18.4 Å². The largest absolute Gasteiger partial charge is 0.494 e. The van der Waals surface area contributed by atoms with Crippen molar-refractivity contribution in [3.8, 4) is 17.0 Å². The number of aryl methyl sites for hydroxylation is 1. The number of Topliss-reactive ketones (excluding diaryl/α,β-unsaturated/α-hetero) is 1. The number of ether oxygens (including phenoxy) is 1. The van der Waals surface area contributed by atoms with E-state index in [2.05, 4.69) is 30.8 Å². The van der Waals surface area contributed by atoms with Crippen molar-refractivity contribution in [2.75, 3.05) is 17.7 Å². The lowest BCUT2D eigenvalue weighted by molar-refractivity contribution is -0.117. The quantitative estimate of drug-likeness (QED) is 0.532. The summed E-state index contributed by atoms with van der Waals surface area (Å²) in [5, 5.41) is 14.3. The van der Waals surface area contributed by atoms with Gasteiger partial charge in [-0.2, -0.15) is 20.0 Å². The summed E-state index contributed by atoms with van der Waals surface area (Å²) in [7, 11) is 3.29. The summed E-state index contributed by atoms with van der Waals surface area (Å²) in [6.07, 6.45) is 5.11. The van der Waals surface area contributed by atoms with Gasteiger partial charge >= 0.3 is 0 Å². The second-order valence-corrected chi connectivity index (χ2v) is 7.23. The van der Waals surface area contributed by atoms with Crippen LogP contribution in [0, 0.1) is 5.92 Å². The van der Waals surface area contributed by atoms with Crippen molar-refractivity contribution < 1.29 is 14.3 Å². The van der Waals surface area contributed by atoms with Gasteiger partial charge in [0.05, 0.1) is 24.6 Å². The van der Waals surface area contributed by atoms with E-state index in [4.69, 9.17) is 4.74 Å². The summed E-state index contributed by atoms with van der Waals surface area (Å²) in [4.78, 5) is 34.6. The number of hydrogen-bond acceptors (Lipinski definition) is 8. The average Bonchev–Trinajstić information content (AvgIpc) is 3.54. The lowest BCUT2D eigenvalue weighted by atomic mass is 10.1. The van der Waals surface area contributed by atoms with E-state index in [1.165, 1.54) is 11.0 Å². The van der Waals surface area contributed by atoms with Gasteiger partial charge in [-0.15, -0.1) is 0 Å². The zero-order valence-corrected chi connectivity index (χ0v) is 17.5. The third kappa shape index (κ3) is 4.37. The van der Waals surface area contributed by atoms with Crippen molar-refractivity contribution in [2.45, 2.75) is 26.2 Å². The van der Waals surface area contributed by atoms with Crippen LogP contribution < -0.4 is 15.4 Å². The third-order valence-corrected chi connectivity index (χ3v) is 4.94. The zero-order chi connectivity index (χ0) is 22.0. The Morgan fingerprint density at radius 2 is 2.06 bits per heavy atom. The molecule has 1 amide bonds. The molecule has 1 aliphatic rings. The summed E-state index contributed by atoms with van der Waals surface area (Å²) < 4.78 is 5.64. The number of methoxy groups -OCH3 is 1. The molecule has 4 rings (SSSR count). The Morgan fingerprint density at radius 3 is 2.71 bits per heavy atom. The molecule has 0 aliphatic heterocycles. The Labute approximate surface area is 179 Å². The lowest BCUT2D eigenvalue weighted by Gasteiger charge is -2.16. The van der Waals surface area contributed by atoms with Crippen LogP contribution in [0.2, 0.25) is 0 Å². The number of benzene rings is 1. The molecule has 2 aromatic heterocycles. The Hall–Kier alpha value is -3.82. The standard InChI is InChI=1S/C21H23N7O3/c1-4-17(29)14-10-22-21(26-20(30)12-8-9-12)25-19(14)24-15-7-5-6-13(18(15)31-3)16-11-23-28(2)27-16/h5-7,10-12H,4,8-9H2,1-3H3,(H2,22,24,25,26,30). The molecule has 31 heavy (non-hydrogen) atoms. The number of para-hydroxylation sites is 1. The predicted molar refractivity (Wildman–Crippen MR) is 114 cm³/mol. The van der Waals surface area contributed by atoms with Gasteiger partial charge in [0, 0.05) is 31.1 Å². The number of aromatic nitrogens is 5. The number of nitrogens with one attached hydrogen (secondary N) is 2. The molecule has 1 aromatic carbocycles. The number of nitrogens with zero attached hydrogens (tertiary/aromatic N) is 5. The Kier molecular flexibility index (Phi) is 5.61. The molecule has 2 N–H and O–H groups in total. The highest BCUT2D eigenvalue weighted by atomic mass is 16.5. The smallest absolute Gasteiger partial charge is 0.231 e. The number of ketones is 1. The van der Waals surface area contributed by atoms with Gasteiger partial charge in [0.2, 0.25) is 11.9 Å². The molecule has 1 fully saturated rings. The highest BCUT2D eigenvalue weighted by Crippen LogP contribution is 2.37. The molecule has 160 valence electrons. The Balaban J connectivity index is 1.71. The summed E-state index contributed by atoms with van der Waals surface area (Å²) >= 11 is 0. The molecule has 10 heteroatoms. The highest BCUT2D eigenvalue weighted by Gasteiger charge is 2.30. The minimum absolute atomic E-state index is 0.0146. The van der Waals surface area contributed by atoms with Crippen LogP contribution in [0.5, 0.6) is 5.75 Å². The van der Waals surface area contributed by atoms with Gasteiger partial charge in [-0.1, -0.05) is 13.0 Å². The van der Waals surface area contributed by atoms with Gasteiger partial charge in [-0.05, 0) is 25.0 Å². The van der Waals surface area contributed by atoms with Crippen LogP contribution in [0.1, 0.15) is 36.5 Å². The van der Waals surface area contributed by atoms with Gasteiger partial charge in [0.15, 0.2) is 11.5 Å². The topological polar surface area (TPSA) is 124 Å². The van der Waals surface area contributed by atoms with Gasteiger partial charge in [-0.3, -0.25) is 14.9 Å². The minimum Gasteiger partial charge on any atom is -0.494 e. The first-order valence-corrected chi connectivity index (χ1v) is 10.0. The molecule has 3 aromatic rings.